The molecule has 0 radical (unpaired) electrons. The van der Waals surface area contributed by atoms with Gasteiger partial charge in [0, 0.05) is 30.9 Å². The van der Waals surface area contributed by atoms with Gasteiger partial charge in [-0.2, -0.15) is 5.10 Å². The molecule has 3 nitrogen and oxygen atoms in total. The fourth-order valence-corrected chi connectivity index (χ4v) is 2.40. The van der Waals surface area contributed by atoms with Gasteiger partial charge in [0.15, 0.2) is 0 Å². The highest BCUT2D eigenvalue weighted by molar-refractivity contribution is 5.19. The van der Waals surface area contributed by atoms with E-state index in [0.29, 0.717) is 6.54 Å². The standard InChI is InChI=1S/C18H22FN3/c1-4-10-21(13-16-6-8-18(19)9-7-16)14-17-12-20-22(11-5-2)15(17)3/h4-9,12H,1-2,10-11,13-14H2,3H3. The molecule has 2 aromatic rings. The second-order valence-electron chi connectivity index (χ2n) is 5.31. The van der Waals surface area contributed by atoms with Crippen LogP contribution in [0.1, 0.15) is 16.8 Å². The number of hydrogen-bond donors (Lipinski definition) is 0. The van der Waals surface area contributed by atoms with E-state index in [0.717, 1.165) is 30.9 Å². The van der Waals surface area contributed by atoms with E-state index in [1.54, 1.807) is 0 Å². The third kappa shape index (κ3) is 4.15. The molecule has 2 rings (SSSR count). The molecule has 0 bridgehead atoms. The molecule has 0 amide bonds. The van der Waals surface area contributed by atoms with Gasteiger partial charge >= 0.3 is 0 Å². The Hall–Kier alpha value is -2.20. The second-order valence-corrected chi connectivity index (χ2v) is 5.31. The van der Waals surface area contributed by atoms with Crippen LogP contribution in [0.5, 0.6) is 0 Å². The van der Waals surface area contributed by atoms with Gasteiger partial charge in [0.05, 0.1) is 12.7 Å². The Kier molecular flexibility index (Phi) is 5.67. The largest absolute Gasteiger partial charge is 0.291 e. The first-order chi connectivity index (χ1) is 10.6. The lowest BCUT2D eigenvalue weighted by Crippen LogP contribution is -2.23. The number of rotatable bonds is 8. The highest BCUT2D eigenvalue weighted by Gasteiger charge is 2.11. The number of allylic oxidation sites excluding steroid dienone is 1. The highest BCUT2D eigenvalue weighted by atomic mass is 19.1. The smallest absolute Gasteiger partial charge is 0.123 e. The van der Waals surface area contributed by atoms with Crippen LogP contribution in [0.2, 0.25) is 0 Å². The van der Waals surface area contributed by atoms with Gasteiger partial charge in [-0.15, -0.1) is 13.2 Å². The van der Waals surface area contributed by atoms with E-state index in [1.807, 2.05) is 35.2 Å². The van der Waals surface area contributed by atoms with E-state index in [4.69, 9.17) is 0 Å². The van der Waals surface area contributed by atoms with Crippen molar-refractivity contribution in [2.75, 3.05) is 6.54 Å². The summed E-state index contributed by atoms with van der Waals surface area (Å²) in [5, 5.41) is 4.38. The zero-order valence-electron chi connectivity index (χ0n) is 13.0. The van der Waals surface area contributed by atoms with Crippen LogP contribution in [0.4, 0.5) is 4.39 Å². The van der Waals surface area contributed by atoms with Crippen LogP contribution in [0.15, 0.2) is 55.8 Å². The zero-order valence-corrected chi connectivity index (χ0v) is 13.0. The summed E-state index contributed by atoms with van der Waals surface area (Å²) in [6.45, 7) is 12.6. The predicted octanol–water partition coefficient (Wildman–Crippen LogP) is 3.70. The van der Waals surface area contributed by atoms with E-state index in [1.165, 1.54) is 17.7 Å². The molecule has 4 heteroatoms. The van der Waals surface area contributed by atoms with E-state index < -0.39 is 0 Å². The summed E-state index contributed by atoms with van der Waals surface area (Å²) in [7, 11) is 0. The molecule has 0 saturated heterocycles. The number of aromatic nitrogens is 2. The molecule has 0 atom stereocenters. The van der Waals surface area contributed by atoms with E-state index in [2.05, 4.69) is 30.1 Å². The summed E-state index contributed by atoms with van der Waals surface area (Å²) in [6, 6.07) is 6.63. The molecular weight excluding hydrogens is 277 g/mol. The van der Waals surface area contributed by atoms with Crippen molar-refractivity contribution in [3.05, 3.63) is 78.4 Å². The minimum absolute atomic E-state index is 0.208. The Balaban J connectivity index is 2.09. The summed E-state index contributed by atoms with van der Waals surface area (Å²) >= 11 is 0. The molecule has 116 valence electrons. The number of hydrogen-bond acceptors (Lipinski definition) is 2. The lowest BCUT2D eigenvalue weighted by molar-refractivity contribution is 0.285. The van der Waals surface area contributed by atoms with Crippen LogP contribution in [0.25, 0.3) is 0 Å². The van der Waals surface area contributed by atoms with Crippen molar-refractivity contribution in [1.82, 2.24) is 14.7 Å². The summed E-state index contributed by atoms with van der Waals surface area (Å²) in [5.41, 5.74) is 3.42. The molecule has 0 N–H and O–H groups in total. The Morgan fingerprint density at radius 3 is 2.55 bits per heavy atom. The first-order valence-electron chi connectivity index (χ1n) is 7.34. The molecule has 0 aliphatic heterocycles. The lowest BCUT2D eigenvalue weighted by atomic mass is 10.2. The van der Waals surface area contributed by atoms with Crippen molar-refractivity contribution in [2.24, 2.45) is 0 Å². The Bertz CT molecular complexity index is 628. The topological polar surface area (TPSA) is 21.1 Å². The third-order valence-electron chi connectivity index (χ3n) is 3.61. The summed E-state index contributed by atoms with van der Waals surface area (Å²) in [4.78, 5) is 2.25. The maximum absolute atomic E-state index is 13.0. The molecular formula is C18H22FN3. The minimum Gasteiger partial charge on any atom is -0.291 e. The predicted molar refractivity (Wildman–Crippen MR) is 87.9 cm³/mol. The first kappa shape index (κ1) is 16.2. The van der Waals surface area contributed by atoms with Crippen LogP contribution in [0, 0.1) is 12.7 Å². The van der Waals surface area contributed by atoms with Crippen molar-refractivity contribution in [3.63, 3.8) is 0 Å². The maximum atomic E-state index is 13.0. The molecule has 0 saturated carbocycles. The van der Waals surface area contributed by atoms with Gasteiger partial charge in [-0.25, -0.2) is 4.39 Å². The lowest BCUT2D eigenvalue weighted by Gasteiger charge is -2.20. The van der Waals surface area contributed by atoms with E-state index in [9.17, 15) is 4.39 Å². The van der Waals surface area contributed by atoms with Gasteiger partial charge in [0.1, 0.15) is 5.82 Å². The Labute approximate surface area is 131 Å². The zero-order chi connectivity index (χ0) is 15.9. The van der Waals surface area contributed by atoms with E-state index in [-0.39, 0.29) is 5.82 Å². The fraction of sp³-hybridized carbons (Fsp3) is 0.278. The second kappa shape index (κ2) is 7.71. The summed E-state index contributed by atoms with van der Waals surface area (Å²) in [6.07, 6.45) is 5.62. The number of benzene rings is 1. The van der Waals surface area contributed by atoms with Gasteiger partial charge in [-0.3, -0.25) is 9.58 Å². The van der Waals surface area contributed by atoms with Crippen molar-refractivity contribution >= 4 is 0 Å². The highest BCUT2D eigenvalue weighted by Crippen LogP contribution is 2.14. The van der Waals surface area contributed by atoms with Crippen LogP contribution < -0.4 is 0 Å². The van der Waals surface area contributed by atoms with Gasteiger partial charge in [-0.1, -0.05) is 24.3 Å². The third-order valence-corrected chi connectivity index (χ3v) is 3.61. The van der Waals surface area contributed by atoms with E-state index >= 15 is 0 Å². The average molecular weight is 299 g/mol. The van der Waals surface area contributed by atoms with Crippen molar-refractivity contribution in [2.45, 2.75) is 26.6 Å². The molecule has 0 unspecified atom stereocenters. The Morgan fingerprint density at radius 2 is 1.91 bits per heavy atom. The molecule has 0 aliphatic rings. The molecule has 0 spiro atoms. The van der Waals surface area contributed by atoms with Gasteiger partial charge in [0.25, 0.3) is 0 Å². The SMILES string of the molecule is C=CCN(Cc1ccc(F)cc1)Cc1cnn(CC=C)c1C. The molecule has 0 fully saturated rings. The minimum atomic E-state index is -0.208. The van der Waals surface area contributed by atoms with Crippen molar-refractivity contribution in [1.29, 1.82) is 0 Å². The number of nitrogens with zero attached hydrogens (tertiary/aromatic N) is 3. The van der Waals surface area contributed by atoms with Gasteiger partial charge < -0.3 is 0 Å². The molecule has 1 heterocycles. The fourth-order valence-electron chi connectivity index (χ4n) is 2.40. The van der Waals surface area contributed by atoms with Crippen molar-refractivity contribution < 1.29 is 4.39 Å². The summed E-state index contributed by atoms with van der Waals surface area (Å²) in [5.74, 6) is -0.208. The van der Waals surface area contributed by atoms with Crippen LogP contribution in [-0.2, 0) is 19.6 Å². The first-order valence-corrected chi connectivity index (χ1v) is 7.34. The van der Waals surface area contributed by atoms with Crippen molar-refractivity contribution in [3.8, 4) is 0 Å². The van der Waals surface area contributed by atoms with Crippen LogP contribution >= 0.6 is 0 Å². The quantitative estimate of drug-likeness (QED) is 0.693. The molecule has 1 aromatic carbocycles. The van der Waals surface area contributed by atoms with Crippen LogP contribution in [-0.4, -0.2) is 21.2 Å². The maximum Gasteiger partial charge on any atom is 0.123 e. The molecule has 1 aromatic heterocycles. The monoisotopic (exact) mass is 299 g/mol. The average Bonchev–Trinajstić information content (AvgIpc) is 2.83. The van der Waals surface area contributed by atoms with Gasteiger partial charge in [-0.05, 0) is 24.6 Å². The molecule has 22 heavy (non-hydrogen) atoms. The Morgan fingerprint density at radius 1 is 1.18 bits per heavy atom. The molecule has 0 aliphatic carbocycles. The van der Waals surface area contributed by atoms with Gasteiger partial charge in [0.2, 0.25) is 0 Å². The number of halogens is 1. The van der Waals surface area contributed by atoms with Crippen LogP contribution in [0.3, 0.4) is 0 Å². The normalized spacial score (nSPS) is 10.9. The summed E-state index contributed by atoms with van der Waals surface area (Å²) < 4.78 is 14.9.